The maximum absolute atomic E-state index is 12.3. The lowest BCUT2D eigenvalue weighted by Crippen LogP contribution is -2.28. The molecule has 1 N–H and O–H groups in total. The van der Waals surface area contributed by atoms with Gasteiger partial charge in [0.2, 0.25) is 0 Å². The fourth-order valence-electron chi connectivity index (χ4n) is 1.92. The van der Waals surface area contributed by atoms with Crippen LogP contribution in [-0.4, -0.2) is 38.9 Å². The highest BCUT2D eigenvalue weighted by molar-refractivity contribution is 7.91. The molecule has 0 saturated heterocycles. The van der Waals surface area contributed by atoms with Gasteiger partial charge in [-0.25, -0.2) is 8.42 Å². The molecule has 0 atom stereocenters. The highest BCUT2D eigenvalue weighted by atomic mass is 32.2. The number of thiophene rings is 1. The third-order valence-corrected chi connectivity index (χ3v) is 6.83. The van der Waals surface area contributed by atoms with Crippen molar-refractivity contribution in [2.45, 2.75) is 42.9 Å². The summed E-state index contributed by atoms with van der Waals surface area (Å²) in [6, 6.07) is 3.90. The Kier molecular flexibility index (Phi) is 5.00. The van der Waals surface area contributed by atoms with Gasteiger partial charge >= 0.3 is 0 Å². The highest BCUT2D eigenvalue weighted by Gasteiger charge is 2.35. The predicted octanol–water partition coefficient (Wildman–Crippen LogP) is 2.07. The van der Waals surface area contributed by atoms with Crippen molar-refractivity contribution in [3.8, 4) is 0 Å². The first-order valence-electron chi connectivity index (χ1n) is 6.83. The number of nitrogens with zero attached hydrogens (tertiary/aromatic N) is 1. The Bertz CT molecular complexity index is 506. The second kappa shape index (κ2) is 6.35. The quantitative estimate of drug-likeness (QED) is 0.748. The zero-order valence-corrected chi connectivity index (χ0v) is 13.2. The molecule has 0 radical (unpaired) electrons. The van der Waals surface area contributed by atoms with Gasteiger partial charge in [-0.1, -0.05) is 6.92 Å². The molecule has 19 heavy (non-hydrogen) atoms. The molecule has 6 heteroatoms. The van der Waals surface area contributed by atoms with Crippen LogP contribution in [0.4, 0.5) is 0 Å². The maximum atomic E-state index is 12.3. The molecule has 108 valence electrons. The van der Waals surface area contributed by atoms with Crippen molar-refractivity contribution in [1.29, 1.82) is 0 Å². The van der Waals surface area contributed by atoms with E-state index >= 15 is 0 Å². The van der Waals surface area contributed by atoms with Crippen molar-refractivity contribution in [1.82, 2.24) is 9.62 Å². The van der Waals surface area contributed by atoms with E-state index in [4.69, 9.17) is 0 Å². The van der Waals surface area contributed by atoms with Crippen LogP contribution in [0.1, 0.15) is 31.1 Å². The summed E-state index contributed by atoms with van der Waals surface area (Å²) in [6.07, 6.45) is 4.01. The van der Waals surface area contributed by atoms with Gasteiger partial charge in [-0.05, 0) is 50.9 Å². The summed E-state index contributed by atoms with van der Waals surface area (Å²) in [5.74, 6) is 0. The van der Waals surface area contributed by atoms with E-state index in [0.717, 1.165) is 43.6 Å². The molecule has 1 saturated carbocycles. The Hall–Kier alpha value is -0.430. The Morgan fingerprint density at radius 3 is 2.74 bits per heavy atom. The SMILES string of the molecule is CCCNCCc1ccc(S(=O)(=O)N(C)C2CC2)s1. The van der Waals surface area contributed by atoms with E-state index in [2.05, 4.69) is 12.2 Å². The minimum Gasteiger partial charge on any atom is -0.316 e. The summed E-state index contributed by atoms with van der Waals surface area (Å²) in [6.45, 7) is 4.06. The minimum atomic E-state index is -3.26. The van der Waals surface area contributed by atoms with Crippen LogP contribution in [0.25, 0.3) is 0 Å². The minimum absolute atomic E-state index is 0.224. The van der Waals surface area contributed by atoms with Gasteiger partial charge in [-0.3, -0.25) is 0 Å². The number of hydrogen-bond donors (Lipinski definition) is 1. The molecule has 0 amide bonds. The molecular formula is C13H22N2O2S2. The number of hydrogen-bond acceptors (Lipinski definition) is 4. The molecule has 1 aliphatic carbocycles. The molecular weight excluding hydrogens is 280 g/mol. The molecule has 0 spiro atoms. The van der Waals surface area contributed by atoms with Crippen molar-refractivity contribution in [3.05, 3.63) is 17.0 Å². The fourth-order valence-corrected chi connectivity index (χ4v) is 4.88. The topological polar surface area (TPSA) is 49.4 Å². The Labute approximate surface area is 119 Å². The molecule has 1 aliphatic rings. The maximum Gasteiger partial charge on any atom is 0.252 e. The van der Waals surface area contributed by atoms with Gasteiger partial charge in [0.25, 0.3) is 10.0 Å². The van der Waals surface area contributed by atoms with E-state index in [1.807, 2.05) is 6.07 Å². The molecule has 1 aromatic heterocycles. The fraction of sp³-hybridized carbons (Fsp3) is 0.692. The largest absolute Gasteiger partial charge is 0.316 e. The first kappa shape index (κ1) is 15.0. The van der Waals surface area contributed by atoms with Crippen molar-refractivity contribution < 1.29 is 8.42 Å². The van der Waals surface area contributed by atoms with Crippen LogP contribution in [0, 0.1) is 0 Å². The van der Waals surface area contributed by atoms with Crippen LogP contribution >= 0.6 is 11.3 Å². The van der Waals surface area contributed by atoms with Crippen LogP contribution in [0.2, 0.25) is 0 Å². The van der Waals surface area contributed by atoms with Gasteiger partial charge in [-0.15, -0.1) is 11.3 Å². The van der Waals surface area contributed by atoms with Crippen LogP contribution in [-0.2, 0) is 16.4 Å². The second-order valence-corrected chi connectivity index (χ2v) is 8.37. The molecule has 1 fully saturated rings. The normalized spacial score (nSPS) is 16.2. The lowest BCUT2D eigenvalue weighted by molar-refractivity contribution is 0.466. The predicted molar refractivity (Wildman–Crippen MR) is 79.2 cm³/mol. The number of rotatable bonds is 8. The summed E-state index contributed by atoms with van der Waals surface area (Å²) in [5.41, 5.74) is 0. The van der Waals surface area contributed by atoms with E-state index in [1.54, 1.807) is 13.1 Å². The van der Waals surface area contributed by atoms with Gasteiger partial charge in [0, 0.05) is 18.0 Å². The number of nitrogens with one attached hydrogen (secondary N) is 1. The van der Waals surface area contributed by atoms with Gasteiger partial charge in [0.15, 0.2) is 0 Å². The van der Waals surface area contributed by atoms with Gasteiger partial charge in [-0.2, -0.15) is 4.31 Å². The Morgan fingerprint density at radius 2 is 2.11 bits per heavy atom. The smallest absolute Gasteiger partial charge is 0.252 e. The Balaban J connectivity index is 1.96. The zero-order valence-electron chi connectivity index (χ0n) is 11.6. The average Bonchev–Trinajstić information content (AvgIpc) is 3.12. The molecule has 2 rings (SSSR count). The van der Waals surface area contributed by atoms with Gasteiger partial charge in [0.1, 0.15) is 4.21 Å². The van der Waals surface area contributed by atoms with Crippen molar-refractivity contribution >= 4 is 21.4 Å². The Morgan fingerprint density at radius 1 is 1.37 bits per heavy atom. The van der Waals surface area contributed by atoms with Crippen molar-refractivity contribution in [3.63, 3.8) is 0 Å². The average molecular weight is 302 g/mol. The van der Waals surface area contributed by atoms with Crippen molar-refractivity contribution in [2.75, 3.05) is 20.1 Å². The third-order valence-electron chi connectivity index (χ3n) is 3.31. The van der Waals surface area contributed by atoms with Gasteiger partial charge < -0.3 is 5.32 Å². The summed E-state index contributed by atoms with van der Waals surface area (Å²) < 4.78 is 26.7. The third kappa shape index (κ3) is 3.78. The first-order chi connectivity index (χ1) is 9.05. The molecule has 1 aromatic rings. The summed E-state index contributed by atoms with van der Waals surface area (Å²) in [4.78, 5) is 1.13. The van der Waals surface area contributed by atoms with Gasteiger partial charge in [0.05, 0.1) is 0 Å². The van der Waals surface area contributed by atoms with E-state index in [1.165, 1.54) is 15.6 Å². The lowest BCUT2D eigenvalue weighted by atomic mass is 10.3. The standard InChI is InChI=1S/C13H22N2O2S2/c1-3-9-14-10-8-12-6-7-13(18-12)19(16,17)15(2)11-4-5-11/h6-7,11,14H,3-5,8-10H2,1-2H3. The zero-order chi connectivity index (χ0) is 13.9. The first-order valence-corrected chi connectivity index (χ1v) is 9.09. The molecule has 4 nitrogen and oxygen atoms in total. The van der Waals surface area contributed by atoms with Crippen LogP contribution in [0.5, 0.6) is 0 Å². The van der Waals surface area contributed by atoms with E-state index < -0.39 is 10.0 Å². The van der Waals surface area contributed by atoms with Crippen LogP contribution in [0.15, 0.2) is 16.3 Å². The monoisotopic (exact) mass is 302 g/mol. The molecule has 0 aromatic carbocycles. The van der Waals surface area contributed by atoms with Crippen LogP contribution in [0.3, 0.4) is 0 Å². The number of sulfonamides is 1. The van der Waals surface area contributed by atoms with Crippen LogP contribution < -0.4 is 5.32 Å². The molecule has 0 bridgehead atoms. The summed E-state index contributed by atoms with van der Waals surface area (Å²) in [5, 5.41) is 3.33. The summed E-state index contributed by atoms with van der Waals surface area (Å²) >= 11 is 1.40. The highest BCUT2D eigenvalue weighted by Crippen LogP contribution is 2.32. The van der Waals surface area contributed by atoms with E-state index in [0.29, 0.717) is 4.21 Å². The molecule has 1 heterocycles. The molecule has 0 aliphatic heterocycles. The van der Waals surface area contributed by atoms with E-state index in [-0.39, 0.29) is 6.04 Å². The lowest BCUT2D eigenvalue weighted by Gasteiger charge is -2.14. The second-order valence-electron chi connectivity index (χ2n) is 4.97. The summed E-state index contributed by atoms with van der Waals surface area (Å²) in [7, 11) is -1.57. The van der Waals surface area contributed by atoms with E-state index in [9.17, 15) is 8.42 Å². The molecule has 0 unspecified atom stereocenters. The van der Waals surface area contributed by atoms with Crippen molar-refractivity contribution in [2.24, 2.45) is 0 Å².